The summed E-state index contributed by atoms with van der Waals surface area (Å²) in [6.07, 6.45) is 7.19. The average molecular weight is 433 g/mol. The highest BCUT2D eigenvalue weighted by Gasteiger charge is 2.42. The Bertz CT molecular complexity index is 969. The number of allylic oxidation sites excluding steroid dienone is 2. The van der Waals surface area contributed by atoms with Crippen LogP contribution >= 0.6 is 0 Å². The molecule has 2 aliphatic heterocycles. The van der Waals surface area contributed by atoms with Crippen molar-refractivity contribution in [1.82, 2.24) is 9.21 Å². The molecule has 1 aliphatic carbocycles. The predicted octanol–water partition coefficient (Wildman–Crippen LogP) is 2.70. The number of carbonyl (C=O) groups is 1. The van der Waals surface area contributed by atoms with Gasteiger partial charge in [-0.15, -0.1) is 0 Å². The number of methoxy groups -OCH3 is 1. The molecule has 0 N–H and O–H groups in total. The molecular weight excluding hydrogens is 404 g/mol. The Kier molecular flexibility index (Phi) is 6.15. The van der Waals surface area contributed by atoms with E-state index in [9.17, 15) is 13.2 Å². The molecule has 0 radical (unpaired) electrons. The quantitative estimate of drug-likeness (QED) is 0.588. The lowest BCUT2D eigenvalue weighted by atomic mass is 10.0. The summed E-state index contributed by atoms with van der Waals surface area (Å²) in [5, 5.41) is 0. The van der Waals surface area contributed by atoms with Crippen molar-refractivity contribution in [1.29, 1.82) is 0 Å². The van der Waals surface area contributed by atoms with E-state index >= 15 is 0 Å². The zero-order chi connectivity index (χ0) is 21.1. The second-order valence-corrected chi connectivity index (χ2v) is 9.68. The molecule has 1 aromatic carbocycles. The number of ether oxygens (including phenoxy) is 2. The lowest BCUT2D eigenvalue weighted by molar-refractivity contribution is -0.122. The van der Waals surface area contributed by atoms with Crippen LogP contribution in [-0.2, 0) is 14.8 Å². The van der Waals surface area contributed by atoms with Crippen LogP contribution in [0.3, 0.4) is 0 Å². The van der Waals surface area contributed by atoms with Gasteiger partial charge in [0.15, 0.2) is 11.5 Å². The Hall–Kier alpha value is -2.32. The van der Waals surface area contributed by atoms with E-state index in [1.54, 1.807) is 13.2 Å². The second-order valence-electron chi connectivity index (χ2n) is 7.85. The van der Waals surface area contributed by atoms with Gasteiger partial charge in [0.25, 0.3) is 15.9 Å². The Balaban J connectivity index is 1.22. The minimum absolute atomic E-state index is 0.115. The summed E-state index contributed by atoms with van der Waals surface area (Å²) in [5.74, 6) is 1.16. The summed E-state index contributed by atoms with van der Waals surface area (Å²) in [6.45, 7) is 2.89. The number of nitrogens with zero attached hydrogens (tertiary/aromatic N) is 2. The number of unbranched alkanes of at least 4 members (excludes halogenated alkanes) is 1. The molecule has 1 saturated heterocycles. The minimum Gasteiger partial charge on any atom is -0.493 e. The molecule has 4 rings (SSSR count). The molecule has 1 atom stereocenters. The Morgan fingerprint density at radius 3 is 2.67 bits per heavy atom. The lowest BCUT2D eigenvalue weighted by Crippen LogP contribution is -2.33. The number of para-hydroxylation sites is 2. The first-order chi connectivity index (χ1) is 14.5. The first-order valence-corrected chi connectivity index (χ1v) is 11.9. The summed E-state index contributed by atoms with van der Waals surface area (Å²) in [4.78, 5) is 15.0. The van der Waals surface area contributed by atoms with Crippen molar-refractivity contribution >= 4 is 15.9 Å². The second kappa shape index (κ2) is 8.81. The van der Waals surface area contributed by atoms with Crippen molar-refractivity contribution in [3.8, 4) is 11.5 Å². The zero-order valence-electron chi connectivity index (χ0n) is 17.2. The number of likely N-dealkylation sites (tertiary alicyclic amines) is 1. The van der Waals surface area contributed by atoms with E-state index in [0.717, 1.165) is 54.7 Å². The largest absolute Gasteiger partial charge is 0.493 e. The van der Waals surface area contributed by atoms with Gasteiger partial charge in [-0.05, 0) is 56.9 Å². The van der Waals surface area contributed by atoms with Gasteiger partial charge >= 0.3 is 0 Å². The maximum atomic E-state index is 12.6. The highest BCUT2D eigenvalue weighted by molar-refractivity contribution is 7.94. The van der Waals surface area contributed by atoms with Crippen LogP contribution in [0.15, 0.2) is 46.9 Å². The minimum atomic E-state index is -3.66. The molecule has 3 aliphatic rings. The molecule has 0 saturated carbocycles. The fraction of sp³-hybridized carbons (Fsp3) is 0.500. The first-order valence-electron chi connectivity index (χ1n) is 10.5. The van der Waals surface area contributed by atoms with Crippen molar-refractivity contribution in [3.63, 3.8) is 0 Å². The predicted molar refractivity (Wildman–Crippen MR) is 114 cm³/mol. The van der Waals surface area contributed by atoms with Crippen LogP contribution in [0.4, 0.5) is 0 Å². The zero-order valence-corrected chi connectivity index (χ0v) is 18.1. The van der Waals surface area contributed by atoms with Gasteiger partial charge in [0.05, 0.1) is 12.0 Å². The molecule has 0 spiro atoms. The molecule has 1 aromatic rings. The van der Waals surface area contributed by atoms with E-state index in [2.05, 4.69) is 4.90 Å². The highest BCUT2D eigenvalue weighted by atomic mass is 32.2. The van der Waals surface area contributed by atoms with Gasteiger partial charge in [0, 0.05) is 25.2 Å². The van der Waals surface area contributed by atoms with Crippen LogP contribution in [0.2, 0.25) is 0 Å². The van der Waals surface area contributed by atoms with E-state index in [1.807, 2.05) is 30.3 Å². The fourth-order valence-corrected chi connectivity index (χ4v) is 5.98. The van der Waals surface area contributed by atoms with Crippen LogP contribution in [-0.4, -0.2) is 62.9 Å². The Morgan fingerprint density at radius 2 is 1.90 bits per heavy atom. The molecule has 8 heteroatoms. The van der Waals surface area contributed by atoms with Crippen molar-refractivity contribution in [2.75, 3.05) is 33.3 Å². The average Bonchev–Trinajstić information content (AvgIpc) is 3.27. The van der Waals surface area contributed by atoms with Gasteiger partial charge in [0.2, 0.25) is 0 Å². The number of hydrogen-bond donors (Lipinski definition) is 0. The number of amides is 1. The van der Waals surface area contributed by atoms with Crippen LogP contribution in [0.25, 0.3) is 0 Å². The Labute approximate surface area is 178 Å². The van der Waals surface area contributed by atoms with Crippen molar-refractivity contribution in [2.24, 2.45) is 0 Å². The SMILES string of the molecule is COc1ccccc1OC1CCN(CCCCN2C(=O)C3=C(C=CCC3)S2(=O)=O)C1. The fourth-order valence-electron chi connectivity index (χ4n) is 4.28. The first kappa shape index (κ1) is 20.9. The summed E-state index contributed by atoms with van der Waals surface area (Å²) in [6, 6.07) is 7.65. The van der Waals surface area contributed by atoms with E-state index < -0.39 is 10.0 Å². The third-order valence-corrected chi connectivity index (χ3v) is 7.72. The van der Waals surface area contributed by atoms with Crippen LogP contribution in [0.5, 0.6) is 11.5 Å². The van der Waals surface area contributed by atoms with E-state index in [1.165, 1.54) is 0 Å². The van der Waals surface area contributed by atoms with Gasteiger partial charge in [-0.2, -0.15) is 0 Å². The molecule has 30 heavy (non-hydrogen) atoms. The molecule has 1 fully saturated rings. The van der Waals surface area contributed by atoms with E-state index in [4.69, 9.17) is 9.47 Å². The molecule has 1 amide bonds. The molecular formula is C22H28N2O5S. The summed E-state index contributed by atoms with van der Waals surface area (Å²) < 4.78 is 37.7. The van der Waals surface area contributed by atoms with Crippen LogP contribution in [0, 0.1) is 0 Å². The lowest BCUT2D eigenvalue weighted by Gasteiger charge is -2.19. The van der Waals surface area contributed by atoms with Crippen molar-refractivity contribution in [2.45, 2.75) is 38.2 Å². The molecule has 0 bridgehead atoms. The third kappa shape index (κ3) is 4.11. The van der Waals surface area contributed by atoms with Gasteiger partial charge < -0.3 is 9.47 Å². The smallest absolute Gasteiger partial charge is 0.267 e. The maximum absolute atomic E-state index is 12.6. The van der Waals surface area contributed by atoms with Crippen molar-refractivity contribution < 1.29 is 22.7 Å². The number of sulfonamides is 1. The van der Waals surface area contributed by atoms with Gasteiger partial charge in [-0.3, -0.25) is 9.69 Å². The standard InChI is InChI=1S/C22H28N2O5S/c1-28-19-9-3-4-10-20(19)29-17-12-15-23(16-17)13-6-7-14-24-22(25)18-8-2-5-11-21(18)30(24,26)27/h3-5,9-11,17H,2,6-8,12-16H2,1H3. The normalized spacial score (nSPS) is 23.2. The summed E-state index contributed by atoms with van der Waals surface area (Å²) >= 11 is 0. The molecule has 0 aromatic heterocycles. The topological polar surface area (TPSA) is 76.2 Å². The molecule has 2 heterocycles. The van der Waals surface area contributed by atoms with Gasteiger partial charge in [-0.25, -0.2) is 12.7 Å². The van der Waals surface area contributed by atoms with Crippen LogP contribution < -0.4 is 9.47 Å². The monoisotopic (exact) mass is 432 g/mol. The number of rotatable bonds is 8. The highest BCUT2D eigenvalue weighted by Crippen LogP contribution is 2.34. The van der Waals surface area contributed by atoms with E-state index in [-0.39, 0.29) is 23.5 Å². The van der Waals surface area contributed by atoms with Crippen LogP contribution in [0.1, 0.15) is 32.1 Å². The Morgan fingerprint density at radius 1 is 1.13 bits per heavy atom. The molecule has 1 unspecified atom stereocenters. The number of hydrogen-bond acceptors (Lipinski definition) is 6. The summed E-state index contributed by atoms with van der Waals surface area (Å²) in [5.41, 5.74) is 0.452. The third-order valence-electron chi connectivity index (χ3n) is 5.86. The van der Waals surface area contributed by atoms with Crippen molar-refractivity contribution in [3.05, 3.63) is 46.9 Å². The summed E-state index contributed by atoms with van der Waals surface area (Å²) in [7, 11) is -2.02. The maximum Gasteiger partial charge on any atom is 0.267 e. The molecule has 162 valence electrons. The number of benzene rings is 1. The number of carbonyl (C=O) groups excluding carboxylic acids is 1. The van der Waals surface area contributed by atoms with Gasteiger partial charge in [-0.1, -0.05) is 18.2 Å². The molecule has 7 nitrogen and oxygen atoms in total. The van der Waals surface area contributed by atoms with Gasteiger partial charge in [0.1, 0.15) is 6.10 Å². The van der Waals surface area contributed by atoms with E-state index in [0.29, 0.717) is 18.4 Å².